The number of carbonyl (C=O) groups is 1. The van der Waals surface area contributed by atoms with E-state index in [0.717, 1.165) is 27.0 Å². The second-order valence-electron chi connectivity index (χ2n) is 6.84. The number of pyridine rings is 1. The zero-order chi connectivity index (χ0) is 21.1. The topological polar surface area (TPSA) is 46.1 Å². The van der Waals surface area contributed by atoms with Crippen molar-refractivity contribution in [3.05, 3.63) is 82.6 Å². The Kier molecular flexibility index (Phi) is 6.37. The predicted molar refractivity (Wildman–Crippen MR) is 127 cm³/mol. The second-order valence-corrected chi connectivity index (χ2v) is 9.14. The Balaban J connectivity index is 1.68. The fourth-order valence-electron chi connectivity index (χ4n) is 3.13. The minimum atomic E-state index is -0.0136. The van der Waals surface area contributed by atoms with Crippen molar-refractivity contribution in [1.82, 2.24) is 9.97 Å². The van der Waals surface area contributed by atoms with Crippen molar-refractivity contribution in [3.63, 3.8) is 0 Å². The molecule has 0 radical (unpaired) electrons. The Morgan fingerprint density at radius 2 is 1.93 bits per heavy atom. The van der Waals surface area contributed by atoms with E-state index in [1.807, 2.05) is 67.8 Å². The molecule has 2 aromatic heterocycles. The van der Waals surface area contributed by atoms with Crippen molar-refractivity contribution >= 4 is 56.0 Å². The van der Waals surface area contributed by atoms with Crippen LogP contribution in [-0.4, -0.2) is 22.1 Å². The Morgan fingerprint density at radius 1 is 1.13 bits per heavy atom. The van der Waals surface area contributed by atoms with Crippen molar-refractivity contribution in [2.45, 2.75) is 24.8 Å². The van der Waals surface area contributed by atoms with E-state index < -0.39 is 0 Å². The lowest BCUT2D eigenvalue weighted by molar-refractivity contribution is -0.118. The van der Waals surface area contributed by atoms with Gasteiger partial charge in [-0.1, -0.05) is 41.1 Å². The number of thiazole rings is 1. The molecule has 30 heavy (non-hydrogen) atoms. The number of halogens is 1. The van der Waals surface area contributed by atoms with Gasteiger partial charge in [-0.15, -0.1) is 11.8 Å². The van der Waals surface area contributed by atoms with Gasteiger partial charge in [-0.25, -0.2) is 4.98 Å². The van der Waals surface area contributed by atoms with E-state index in [4.69, 9.17) is 16.6 Å². The first-order valence-electron chi connectivity index (χ1n) is 9.44. The molecule has 0 saturated heterocycles. The summed E-state index contributed by atoms with van der Waals surface area (Å²) in [7, 11) is 0. The first-order chi connectivity index (χ1) is 14.5. The van der Waals surface area contributed by atoms with Crippen LogP contribution in [0.1, 0.15) is 16.8 Å². The van der Waals surface area contributed by atoms with E-state index in [2.05, 4.69) is 4.98 Å². The highest BCUT2D eigenvalue weighted by Gasteiger charge is 2.22. The second kappa shape index (κ2) is 9.16. The quantitative estimate of drug-likeness (QED) is 0.328. The summed E-state index contributed by atoms with van der Waals surface area (Å²) in [5.41, 5.74) is 3.56. The van der Waals surface area contributed by atoms with Crippen LogP contribution in [0.25, 0.3) is 10.2 Å². The van der Waals surface area contributed by atoms with Crippen LogP contribution in [-0.2, 0) is 17.8 Å². The molecule has 1 amide bonds. The van der Waals surface area contributed by atoms with Gasteiger partial charge in [-0.3, -0.25) is 14.7 Å². The average Bonchev–Trinajstić information content (AvgIpc) is 3.20. The van der Waals surface area contributed by atoms with Crippen molar-refractivity contribution in [3.8, 4) is 0 Å². The number of hydrogen-bond donors (Lipinski definition) is 0. The number of benzene rings is 2. The molecule has 0 unspecified atom stereocenters. The SMILES string of the molecule is CSc1ccc(CC(=O)N(Cc2ccccn2)c2nc3c(C)c(Cl)ccc3s2)cc1. The number of fused-ring (bicyclic) bond motifs is 1. The van der Waals surface area contributed by atoms with Crippen LogP contribution in [0.3, 0.4) is 0 Å². The molecule has 0 atom stereocenters. The third kappa shape index (κ3) is 4.51. The highest BCUT2D eigenvalue weighted by atomic mass is 35.5. The van der Waals surface area contributed by atoms with Crippen molar-refractivity contribution in [1.29, 1.82) is 0 Å². The van der Waals surface area contributed by atoms with E-state index in [0.29, 0.717) is 23.1 Å². The number of anilines is 1. The summed E-state index contributed by atoms with van der Waals surface area (Å²) < 4.78 is 1.01. The molecule has 0 bridgehead atoms. The normalized spacial score (nSPS) is 11.0. The summed E-state index contributed by atoms with van der Waals surface area (Å²) in [6.07, 6.45) is 4.08. The number of amides is 1. The van der Waals surface area contributed by atoms with E-state index in [9.17, 15) is 4.79 Å². The van der Waals surface area contributed by atoms with E-state index in [-0.39, 0.29) is 5.91 Å². The van der Waals surface area contributed by atoms with Gasteiger partial charge in [0, 0.05) is 16.1 Å². The fourth-order valence-corrected chi connectivity index (χ4v) is 4.74. The van der Waals surface area contributed by atoms with Crippen molar-refractivity contribution in [2.24, 2.45) is 0 Å². The molecule has 0 aliphatic rings. The Bertz CT molecular complexity index is 1180. The Morgan fingerprint density at radius 3 is 2.63 bits per heavy atom. The van der Waals surface area contributed by atoms with Crippen molar-refractivity contribution in [2.75, 3.05) is 11.2 Å². The number of nitrogens with zero attached hydrogens (tertiary/aromatic N) is 3. The molecule has 0 fully saturated rings. The van der Waals surface area contributed by atoms with Crippen LogP contribution in [0.4, 0.5) is 5.13 Å². The number of aromatic nitrogens is 2. The lowest BCUT2D eigenvalue weighted by Gasteiger charge is -2.19. The van der Waals surface area contributed by atoms with Crippen LogP contribution in [0.2, 0.25) is 5.02 Å². The smallest absolute Gasteiger partial charge is 0.233 e. The maximum absolute atomic E-state index is 13.3. The first-order valence-corrected chi connectivity index (χ1v) is 11.9. The Labute approximate surface area is 188 Å². The van der Waals surface area contributed by atoms with Gasteiger partial charge in [0.15, 0.2) is 5.13 Å². The molecule has 0 saturated carbocycles. The van der Waals surface area contributed by atoms with Crippen molar-refractivity contribution < 1.29 is 4.79 Å². The first kappa shape index (κ1) is 20.8. The van der Waals surface area contributed by atoms with E-state index in [1.165, 1.54) is 16.2 Å². The van der Waals surface area contributed by atoms with Gasteiger partial charge in [0.2, 0.25) is 5.91 Å². The van der Waals surface area contributed by atoms with Crippen LogP contribution in [0, 0.1) is 6.92 Å². The predicted octanol–water partition coefficient (Wildman–Crippen LogP) is 6.15. The lowest BCUT2D eigenvalue weighted by Crippen LogP contribution is -2.32. The monoisotopic (exact) mass is 453 g/mol. The number of aryl methyl sites for hydroxylation is 1. The Hall–Kier alpha value is -2.41. The standard InChI is InChI=1S/C23H20ClN3OS2/c1-15-19(24)10-11-20-22(15)26-23(30-20)27(14-17-5-3-4-12-25-17)21(28)13-16-6-8-18(29-2)9-7-16/h3-12H,13-14H2,1-2H3. The van der Waals surface area contributed by atoms with Gasteiger partial charge in [-0.05, 0) is 60.7 Å². The summed E-state index contributed by atoms with van der Waals surface area (Å²) in [5, 5.41) is 1.34. The van der Waals surface area contributed by atoms with Crippen LogP contribution >= 0.6 is 34.7 Å². The molecule has 4 rings (SSSR count). The minimum Gasteiger partial charge on any atom is -0.282 e. The van der Waals surface area contributed by atoms with E-state index >= 15 is 0 Å². The molecule has 4 nitrogen and oxygen atoms in total. The van der Waals surface area contributed by atoms with Gasteiger partial charge in [0.1, 0.15) is 0 Å². The fraction of sp³-hybridized carbons (Fsp3) is 0.174. The number of carbonyl (C=O) groups excluding carboxylic acids is 1. The summed E-state index contributed by atoms with van der Waals surface area (Å²) in [6.45, 7) is 2.32. The van der Waals surface area contributed by atoms with Gasteiger partial charge in [-0.2, -0.15) is 0 Å². The summed E-state index contributed by atoms with van der Waals surface area (Å²) in [5.74, 6) is -0.0136. The number of hydrogen-bond acceptors (Lipinski definition) is 5. The van der Waals surface area contributed by atoms with Gasteiger partial charge >= 0.3 is 0 Å². The third-order valence-corrected chi connectivity index (χ3v) is 7.03. The maximum atomic E-state index is 13.3. The molecule has 0 spiro atoms. The minimum absolute atomic E-state index is 0.0136. The molecule has 2 heterocycles. The summed E-state index contributed by atoms with van der Waals surface area (Å²) in [6, 6.07) is 17.6. The summed E-state index contributed by atoms with van der Waals surface area (Å²) in [4.78, 5) is 25.4. The van der Waals surface area contributed by atoms with Gasteiger partial charge < -0.3 is 0 Å². The molecule has 2 aromatic carbocycles. The zero-order valence-electron chi connectivity index (χ0n) is 16.6. The molecule has 7 heteroatoms. The molecule has 4 aromatic rings. The lowest BCUT2D eigenvalue weighted by atomic mass is 10.1. The van der Waals surface area contributed by atoms with Crippen LogP contribution in [0.15, 0.2) is 65.7 Å². The molecular weight excluding hydrogens is 434 g/mol. The zero-order valence-corrected chi connectivity index (χ0v) is 19.0. The largest absolute Gasteiger partial charge is 0.282 e. The average molecular weight is 454 g/mol. The number of rotatable bonds is 6. The third-order valence-electron chi connectivity index (χ3n) is 4.83. The number of thioether (sulfide) groups is 1. The van der Waals surface area contributed by atoms with E-state index in [1.54, 1.807) is 22.9 Å². The highest BCUT2D eigenvalue weighted by Crippen LogP contribution is 2.34. The van der Waals surface area contributed by atoms with Crippen LogP contribution < -0.4 is 4.90 Å². The van der Waals surface area contributed by atoms with Crippen LogP contribution in [0.5, 0.6) is 0 Å². The summed E-state index contributed by atoms with van der Waals surface area (Å²) >= 11 is 9.45. The maximum Gasteiger partial charge on any atom is 0.233 e. The molecular formula is C23H20ClN3OS2. The van der Waals surface area contributed by atoms with Gasteiger partial charge in [0.05, 0.1) is 28.9 Å². The van der Waals surface area contributed by atoms with Gasteiger partial charge in [0.25, 0.3) is 0 Å². The molecule has 152 valence electrons. The molecule has 0 aliphatic carbocycles. The molecule has 0 N–H and O–H groups in total. The highest BCUT2D eigenvalue weighted by molar-refractivity contribution is 7.98. The molecule has 0 aliphatic heterocycles.